The SMILES string of the molecule is C=CCOC(=O)NC(C=C)C(C)C.C=O.CC.CCC(=O)Nc1ccc(CO)c(C(=O)NCCCN(C)C)c1.CCCNC.CN. The third kappa shape index (κ3) is 31.8. The van der Waals surface area contributed by atoms with Crippen LogP contribution in [0.1, 0.15) is 76.7 Å². The van der Waals surface area contributed by atoms with E-state index in [1.54, 1.807) is 31.2 Å². The first-order valence-electron chi connectivity index (χ1n) is 15.6. The maximum atomic E-state index is 12.2. The smallest absolute Gasteiger partial charge is 0.407 e. The number of nitrogens with one attached hydrogen (secondary N) is 4. The zero-order chi connectivity index (χ0) is 36.9. The summed E-state index contributed by atoms with van der Waals surface area (Å²) >= 11 is 0. The van der Waals surface area contributed by atoms with Gasteiger partial charge in [-0.25, -0.2) is 4.79 Å². The van der Waals surface area contributed by atoms with Crippen molar-refractivity contribution in [1.82, 2.24) is 20.9 Å². The van der Waals surface area contributed by atoms with E-state index in [4.69, 9.17) is 9.53 Å². The van der Waals surface area contributed by atoms with Crippen molar-refractivity contribution >= 4 is 30.4 Å². The number of ether oxygens (including phenoxy) is 1. The molecule has 0 bridgehead atoms. The second kappa shape index (κ2) is 39.4. The molecule has 0 aliphatic rings. The Balaban J connectivity index is -0.000000198. The monoisotopic (exact) mass is 655 g/mol. The standard InChI is InChI=1S/C16H25N3O3.C10H17NO2.C4H11N.C2H6.CH5N.CH2O/c1-4-15(21)18-13-7-6-12(11-20)14(10-13)16(22)17-8-5-9-19(2)3;1-5-7-13-10(12)11-9(6-2)8(3)4;1-3-4-5-2;3*1-2/h6-7,10,20H,4-5,8-9,11H2,1-3H3,(H,17,22)(H,18,21);5-6,8-9H,1-2,7H2,3-4H3,(H,11,12);5H,3-4H2,1-2H3;1-2H3;2H2,1H3;1H2. The lowest BCUT2D eigenvalue weighted by Gasteiger charge is -2.17. The van der Waals surface area contributed by atoms with E-state index in [9.17, 15) is 19.5 Å². The lowest BCUT2D eigenvalue weighted by molar-refractivity contribution is -0.115. The predicted octanol–water partition coefficient (Wildman–Crippen LogP) is 4.35. The number of carbonyl (C=O) groups excluding carboxylic acids is 4. The number of carbonyl (C=O) groups is 4. The second-order valence-corrected chi connectivity index (χ2v) is 9.49. The molecule has 0 aliphatic carbocycles. The van der Waals surface area contributed by atoms with Crippen LogP contribution < -0.4 is 27.0 Å². The third-order valence-corrected chi connectivity index (χ3v) is 5.29. The number of hydrogen-bond acceptors (Lipinski definition) is 9. The molecule has 1 aromatic carbocycles. The zero-order valence-corrected chi connectivity index (χ0v) is 30.3. The van der Waals surface area contributed by atoms with Crippen LogP contribution >= 0.6 is 0 Å². The quantitative estimate of drug-likeness (QED) is 0.119. The summed E-state index contributed by atoms with van der Waals surface area (Å²) in [5, 5.41) is 20.6. The van der Waals surface area contributed by atoms with E-state index in [1.807, 2.05) is 60.5 Å². The van der Waals surface area contributed by atoms with Crippen LogP contribution in [-0.4, -0.2) is 95.2 Å². The van der Waals surface area contributed by atoms with Crippen LogP contribution in [0.2, 0.25) is 0 Å². The number of nitrogens with two attached hydrogens (primary N) is 1. The molecule has 0 spiro atoms. The van der Waals surface area contributed by atoms with Gasteiger partial charge in [-0.15, -0.1) is 6.58 Å². The van der Waals surface area contributed by atoms with E-state index in [1.165, 1.54) is 19.5 Å². The van der Waals surface area contributed by atoms with Crippen molar-refractivity contribution in [2.75, 3.05) is 59.7 Å². The summed E-state index contributed by atoms with van der Waals surface area (Å²) in [6.45, 7) is 23.6. The Labute approximate surface area is 279 Å². The maximum absolute atomic E-state index is 12.2. The van der Waals surface area contributed by atoms with Crippen LogP contribution in [0.4, 0.5) is 10.5 Å². The largest absolute Gasteiger partial charge is 0.445 e. The molecule has 0 fully saturated rings. The number of aliphatic hydroxyl groups excluding tert-OH is 1. The van der Waals surface area contributed by atoms with Gasteiger partial charge in [0.25, 0.3) is 5.91 Å². The van der Waals surface area contributed by atoms with Crippen molar-refractivity contribution in [3.05, 3.63) is 54.6 Å². The molecule has 1 atom stereocenters. The minimum absolute atomic E-state index is 0.0442. The molecule has 12 heteroatoms. The first-order valence-corrected chi connectivity index (χ1v) is 15.6. The Morgan fingerprint density at radius 1 is 1.07 bits per heavy atom. The highest BCUT2D eigenvalue weighted by molar-refractivity contribution is 5.98. The summed E-state index contributed by atoms with van der Waals surface area (Å²) in [6, 6.07) is 4.89. The van der Waals surface area contributed by atoms with Crippen LogP contribution in [-0.2, 0) is 20.9 Å². The van der Waals surface area contributed by atoms with Crippen molar-refractivity contribution in [2.24, 2.45) is 11.7 Å². The van der Waals surface area contributed by atoms with Crippen molar-refractivity contribution < 1.29 is 29.0 Å². The molecule has 7 N–H and O–H groups in total. The number of benzene rings is 1. The van der Waals surface area contributed by atoms with Crippen LogP contribution in [0.25, 0.3) is 0 Å². The summed E-state index contributed by atoms with van der Waals surface area (Å²) in [5.41, 5.74) is 5.99. The number of rotatable bonds is 15. The molecule has 0 saturated carbocycles. The fourth-order valence-corrected chi connectivity index (χ4v) is 3.01. The molecule has 3 amide bonds. The van der Waals surface area contributed by atoms with E-state index < -0.39 is 6.09 Å². The molecule has 268 valence electrons. The zero-order valence-electron chi connectivity index (χ0n) is 30.3. The summed E-state index contributed by atoms with van der Waals surface area (Å²) in [6.07, 6.45) is 5.24. The number of amides is 3. The van der Waals surface area contributed by atoms with Gasteiger partial charge in [0.05, 0.1) is 12.6 Å². The minimum Gasteiger partial charge on any atom is -0.445 e. The van der Waals surface area contributed by atoms with Gasteiger partial charge in [-0.05, 0) is 77.7 Å². The Morgan fingerprint density at radius 3 is 2.04 bits per heavy atom. The number of anilines is 1. The van der Waals surface area contributed by atoms with Crippen LogP contribution in [0.5, 0.6) is 0 Å². The summed E-state index contributed by atoms with van der Waals surface area (Å²) in [4.78, 5) is 44.7. The van der Waals surface area contributed by atoms with Gasteiger partial charge in [-0.2, -0.15) is 0 Å². The van der Waals surface area contributed by atoms with Crippen molar-refractivity contribution in [2.45, 2.75) is 73.5 Å². The highest BCUT2D eigenvalue weighted by Crippen LogP contribution is 2.16. The molecular formula is C34H66N6O6. The Bertz CT molecular complexity index is 895. The Hall–Kier alpha value is -3.58. The second-order valence-electron chi connectivity index (χ2n) is 9.49. The normalized spacial score (nSPS) is 9.70. The molecule has 12 nitrogen and oxygen atoms in total. The lowest BCUT2D eigenvalue weighted by atomic mass is 10.1. The summed E-state index contributed by atoms with van der Waals surface area (Å²) < 4.78 is 4.76. The predicted molar refractivity (Wildman–Crippen MR) is 193 cm³/mol. The molecule has 0 aliphatic heterocycles. The highest BCUT2D eigenvalue weighted by atomic mass is 16.5. The van der Waals surface area contributed by atoms with E-state index in [2.05, 4.69) is 47.1 Å². The van der Waals surface area contributed by atoms with Crippen molar-refractivity contribution in [3.8, 4) is 0 Å². The minimum atomic E-state index is -0.432. The molecule has 1 aromatic rings. The van der Waals surface area contributed by atoms with Gasteiger partial charge < -0.3 is 46.5 Å². The fraction of sp³-hybridized carbons (Fsp3) is 0.588. The summed E-state index contributed by atoms with van der Waals surface area (Å²) in [7, 11) is 7.42. The van der Waals surface area contributed by atoms with E-state index in [0.29, 0.717) is 35.7 Å². The van der Waals surface area contributed by atoms with Gasteiger partial charge in [-0.3, -0.25) is 9.59 Å². The summed E-state index contributed by atoms with van der Waals surface area (Å²) in [5.74, 6) is -0.0433. The molecule has 0 radical (unpaired) electrons. The molecular weight excluding hydrogens is 588 g/mol. The first kappa shape index (κ1) is 52.0. The maximum Gasteiger partial charge on any atom is 0.407 e. The number of alkyl carbamates (subject to hydrolysis) is 1. The van der Waals surface area contributed by atoms with Gasteiger partial charge >= 0.3 is 6.09 Å². The molecule has 0 heterocycles. The molecule has 0 saturated heterocycles. The van der Waals surface area contributed by atoms with Gasteiger partial charge in [0.1, 0.15) is 13.4 Å². The van der Waals surface area contributed by atoms with Crippen molar-refractivity contribution in [1.29, 1.82) is 0 Å². The molecule has 1 rings (SSSR count). The van der Waals surface area contributed by atoms with Crippen molar-refractivity contribution in [3.63, 3.8) is 0 Å². The Kier molecular flexibility index (Phi) is 44.6. The average molecular weight is 655 g/mol. The van der Waals surface area contributed by atoms with Gasteiger partial charge in [0, 0.05) is 24.2 Å². The third-order valence-electron chi connectivity index (χ3n) is 5.29. The van der Waals surface area contributed by atoms with E-state index >= 15 is 0 Å². The van der Waals surface area contributed by atoms with Crippen LogP contribution in [0.15, 0.2) is 43.5 Å². The van der Waals surface area contributed by atoms with E-state index in [-0.39, 0.29) is 31.1 Å². The highest BCUT2D eigenvalue weighted by Gasteiger charge is 2.13. The average Bonchev–Trinajstić information content (AvgIpc) is 3.07. The topological polar surface area (TPSA) is 175 Å². The molecule has 46 heavy (non-hydrogen) atoms. The van der Waals surface area contributed by atoms with Gasteiger partial charge in [0.15, 0.2) is 0 Å². The number of nitrogens with zero attached hydrogens (tertiary/aromatic N) is 1. The molecule has 0 aromatic heterocycles. The van der Waals surface area contributed by atoms with Gasteiger partial charge in [-0.1, -0.05) is 66.3 Å². The number of hydrogen-bond donors (Lipinski definition) is 6. The van der Waals surface area contributed by atoms with Crippen LogP contribution in [0.3, 0.4) is 0 Å². The van der Waals surface area contributed by atoms with Crippen LogP contribution in [0, 0.1) is 5.92 Å². The Morgan fingerprint density at radius 2 is 1.65 bits per heavy atom. The van der Waals surface area contributed by atoms with Gasteiger partial charge in [0.2, 0.25) is 5.91 Å². The number of aliphatic hydroxyl groups is 1. The van der Waals surface area contributed by atoms with E-state index in [0.717, 1.165) is 19.5 Å². The fourth-order valence-electron chi connectivity index (χ4n) is 3.01. The first-order chi connectivity index (χ1) is 22.0. The lowest BCUT2D eigenvalue weighted by Crippen LogP contribution is -2.37. The molecule has 1 unspecified atom stereocenters.